The lowest BCUT2D eigenvalue weighted by atomic mass is 9.92. The molecular formula is C18H21FO2. The molecule has 0 aliphatic rings. The van der Waals surface area contributed by atoms with Crippen LogP contribution in [-0.4, -0.2) is 18.8 Å². The highest BCUT2D eigenvalue weighted by molar-refractivity contribution is 5.31. The molecule has 1 unspecified atom stereocenters. The number of aliphatic hydroxyl groups excluding tert-OH is 1. The van der Waals surface area contributed by atoms with Crippen molar-refractivity contribution in [1.82, 2.24) is 0 Å². The molecule has 1 atom stereocenters. The molecular weight excluding hydrogens is 267 g/mol. The fourth-order valence-corrected chi connectivity index (χ4v) is 2.56. The Hall–Kier alpha value is -1.87. The maximum atomic E-state index is 14.2. The van der Waals surface area contributed by atoms with E-state index in [1.165, 1.54) is 12.7 Å². The van der Waals surface area contributed by atoms with Crippen LogP contribution in [0, 0.1) is 18.7 Å². The summed E-state index contributed by atoms with van der Waals surface area (Å²) in [6.45, 7) is 2.07. The topological polar surface area (TPSA) is 29.5 Å². The van der Waals surface area contributed by atoms with Gasteiger partial charge < -0.3 is 9.84 Å². The minimum Gasteiger partial charge on any atom is -0.494 e. The lowest BCUT2D eigenvalue weighted by Gasteiger charge is -2.16. The molecule has 0 fully saturated rings. The highest BCUT2D eigenvalue weighted by Gasteiger charge is 2.15. The van der Waals surface area contributed by atoms with Gasteiger partial charge in [0.05, 0.1) is 7.11 Å². The van der Waals surface area contributed by atoms with Crippen molar-refractivity contribution in [2.75, 3.05) is 13.7 Å². The van der Waals surface area contributed by atoms with Crippen LogP contribution < -0.4 is 4.74 Å². The van der Waals surface area contributed by atoms with Crippen LogP contribution in [0.5, 0.6) is 5.75 Å². The largest absolute Gasteiger partial charge is 0.494 e. The van der Waals surface area contributed by atoms with E-state index in [9.17, 15) is 9.50 Å². The van der Waals surface area contributed by atoms with Gasteiger partial charge in [-0.3, -0.25) is 0 Å². The second-order valence-corrected chi connectivity index (χ2v) is 5.38. The Kier molecular flexibility index (Phi) is 5.34. The first-order chi connectivity index (χ1) is 10.1. The number of benzene rings is 2. The summed E-state index contributed by atoms with van der Waals surface area (Å²) in [5.41, 5.74) is 2.94. The van der Waals surface area contributed by atoms with Crippen LogP contribution in [0.15, 0.2) is 42.5 Å². The Morgan fingerprint density at radius 3 is 2.57 bits per heavy atom. The molecule has 3 heteroatoms. The monoisotopic (exact) mass is 288 g/mol. The molecule has 0 aromatic heterocycles. The van der Waals surface area contributed by atoms with E-state index < -0.39 is 0 Å². The zero-order valence-corrected chi connectivity index (χ0v) is 12.5. The quantitative estimate of drug-likeness (QED) is 0.881. The molecule has 0 aliphatic carbocycles. The number of ether oxygens (including phenoxy) is 1. The van der Waals surface area contributed by atoms with E-state index in [2.05, 4.69) is 6.07 Å². The summed E-state index contributed by atoms with van der Waals surface area (Å²) in [6, 6.07) is 13.3. The van der Waals surface area contributed by atoms with Crippen LogP contribution in [0.25, 0.3) is 0 Å². The minimum atomic E-state index is -0.331. The molecule has 0 radical (unpaired) electrons. The van der Waals surface area contributed by atoms with Crippen molar-refractivity contribution in [3.05, 3.63) is 65.0 Å². The first kappa shape index (κ1) is 15.5. The van der Waals surface area contributed by atoms with Gasteiger partial charge >= 0.3 is 0 Å². The third kappa shape index (κ3) is 4.05. The minimum absolute atomic E-state index is 0.00611. The Morgan fingerprint density at radius 1 is 1.14 bits per heavy atom. The molecule has 21 heavy (non-hydrogen) atoms. The van der Waals surface area contributed by atoms with Crippen molar-refractivity contribution < 1.29 is 14.2 Å². The van der Waals surface area contributed by atoms with Gasteiger partial charge in [0.25, 0.3) is 0 Å². The molecule has 0 spiro atoms. The standard InChI is InChI=1S/C18H21FO2/c1-13-5-3-6-14(9-13)10-15(12-20)11-16-7-4-8-17(21-2)18(16)19/h3-9,15,20H,10-12H2,1-2H3. The van der Waals surface area contributed by atoms with E-state index in [1.807, 2.05) is 25.1 Å². The average molecular weight is 288 g/mol. The maximum Gasteiger partial charge on any atom is 0.168 e. The zero-order valence-electron chi connectivity index (χ0n) is 12.5. The molecule has 0 heterocycles. The predicted molar refractivity (Wildman–Crippen MR) is 82.1 cm³/mol. The van der Waals surface area contributed by atoms with Gasteiger partial charge in [-0.25, -0.2) is 4.39 Å². The molecule has 112 valence electrons. The fourth-order valence-electron chi connectivity index (χ4n) is 2.56. The van der Waals surface area contributed by atoms with Gasteiger partial charge in [0.1, 0.15) is 0 Å². The molecule has 0 saturated carbocycles. The summed E-state index contributed by atoms with van der Waals surface area (Å²) in [6.07, 6.45) is 1.22. The average Bonchev–Trinajstić information content (AvgIpc) is 2.48. The molecule has 0 amide bonds. The van der Waals surface area contributed by atoms with Gasteiger partial charge in [0.15, 0.2) is 11.6 Å². The Bertz CT molecular complexity index is 596. The summed E-state index contributed by atoms with van der Waals surface area (Å²) in [7, 11) is 1.46. The first-order valence-electron chi connectivity index (χ1n) is 7.11. The van der Waals surface area contributed by atoms with Crippen molar-refractivity contribution in [2.24, 2.45) is 5.92 Å². The highest BCUT2D eigenvalue weighted by atomic mass is 19.1. The SMILES string of the molecule is COc1cccc(CC(CO)Cc2cccc(C)c2)c1F. The molecule has 2 rings (SSSR count). The number of rotatable bonds is 6. The van der Waals surface area contributed by atoms with E-state index in [0.29, 0.717) is 12.0 Å². The Morgan fingerprint density at radius 2 is 1.90 bits per heavy atom. The van der Waals surface area contributed by atoms with E-state index in [0.717, 1.165) is 12.0 Å². The van der Waals surface area contributed by atoms with Gasteiger partial charge in [-0.05, 0) is 42.9 Å². The predicted octanol–water partition coefficient (Wildman–Crippen LogP) is 3.54. The summed E-state index contributed by atoms with van der Waals surface area (Å²) in [5.74, 6) is -0.0872. The van der Waals surface area contributed by atoms with Crippen molar-refractivity contribution in [3.8, 4) is 5.75 Å². The summed E-state index contributed by atoms with van der Waals surface area (Å²) < 4.78 is 19.2. The fraction of sp³-hybridized carbons (Fsp3) is 0.333. The molecule has 1 N–H and O–H groups in total. The van der Waals surface area contributed by atoms with Crippen LogP contribution in [0.1, 0.15) is 16.7 Å². The summed E-state index contributed by atoms with van der Waals surface area (Å²) in [5, 5.41) is 9.58. The van der Waals surface area contributed by atoms with E-state index >= 15 is 0 Å². The number of hydrogen-bond acceptors (Lipinski definition) is 2. The number of hydrogen-bond donors (Lipinski definition) is 1. The van der Waals surface area contributed by atoms with Crippen molar-refractivity contribution >= 4 is 0 Å². The normalized spacial score (nSPS) is 12.2. The second kappa shape index (κ2) is 7.23. The Balaban J connectivity index is 2.12. The molecule has 2 nitrogen and oxygen atoms in total. The second-order valence-electron chi connectivity index (χ2n) is 5.38. The smallest absolute Gasteiger partial charge is 0.168 e. The first-order valence-corrected chi connectivity index (χ1v) is 7.11. The third-order valence-corrected chi connectivity index (χ3v) is 3.64. The van der Waals surface area contributed by atoms with Crippen LogP contribution in [-0.2, 0) is 12.8 Å². The van der Waals surface area contributed by atoms with Crippen molar-refractivity contribution in [1.29, 1.82) is 0 Å². The molecule has 0 saturated heterocycles. The van der Waals surface area contributed by atoms with Gasteiger partial charge in [-0.2, -0.15) is 0 Å². The number of methoxy groups -OCH3 is 1. The molecule has 2 aromatic rings. The van der Waals surface area contributed by atoms with Crippen molar-refractivity contribution in [2.45, 2.75) is 19.8 Å². The highest BCUT2D eigenvalue weighted by Crippen LogP contribution is 2.23. The lowest BCUT2D eigenvalue weighted by Crippen LogP contribution is -2.14. The van der Waals surface area contributed by atoms with Crippen molar-refractivity contribution in [3.63, 3.8) is 0 Å². The molecule has 0 aliphatic heterocycles. The lowest BCUT2D eigenvalue weighted by molar-refractivity contribution is 0.223. The van der Waals surface area contributed by atoms with Gasteiger partial charge in [0.2, 0.25) is 0 Å². The van der Waals surface area contributed by atoms with E-state index in [-0.39, 0.29) is 24.1 Å². The van der Waals surface area contributed by atoms with Crippen LogP contribution in [0.3, 0.4) is 0 Å². The van der Waals surface area contributed by atoms with Crippen LogP contribution in [0.2, 0.25) is 0 Å². The third-order valence-electron chi connectivity index (χ3n) is 3.64. The summed E-state index contributed by atoms with van der Waals surface area (Å²) >= 11 is 0. The number of aryl methyl sites for hydroxylation is 1. The Labute approximate surface area is 125 Å². The number of halogens is 1. The van der Waals surface area contributed by atoms with Gasteiger partial charge in [0, 0.05) is 6.61 Å². The molecule has 2 aromatic carbocycles. The van der Waals surface area contributed by atoms with E-state index in [4.69, 9.17) is 4.74 Å². The van der Waals surface area contributed by atoms with Gasteiger partial charge in [-0.1, -0.05) is 42.0 Å². The zero-order chi connectivity index (χ0) is 15.2. The van der Waals surface area contributed by atoms with E-state index in [1.54, 1.807) is 18.2 Å². The van der Waals surface area contributed by atoms with Crippen LogP contribution >= 0.6 is 0 Å². The number of aliphatic hydroxyl groups is 1. The maximum absolute atomic E-state index is 14.2. The summed E-state index contributed by atoms with van der Waals surface area (Å²) in [4.78, 5) is 0. The molecule has 0 bridgehead atoms. The van der Waals surface area contributed by atoms with Crippen LogP contribution in [0.4, 0.5) is 4.39 Å². The van der Waals surface area contributed by atoms with Gasteiger partial charge in [-0.15, -0.1) is 0 Å².